The first-order valence-corrected chi connectivity index (χ1v) is 9.55. The first-order chi connectivity index (χ1) is 14.0. The first kappa shape index (κ1) is 19.0. The number of nitrogens with one attached hydrogen (secondary N) is 2. The lowest BCUT2D eigenvalue weighted by molar-refractivity contribution is 0.101. The molecule has 0 radical (unpaired) electrons. The van der Waals surface area contributed by atoms with Gasteiger partial charge in [-0.3, -0.25) is 10.1 Å². The second-order valence-electron chi connectivity index (χ2n) is 6.69. The standard InChI is InChI=1S/C21H19ClN4O3/c1-13(27)14-5-7-15(8-6-14)26-11-9-19(25-26)24-21(28)23-18-10-12-29-20-16(18)3-2-4-17(20)22/h2-9,11,18H,10,12H2,1H3,(H2,23,24,25,28)/t18-/m0/s1. The van der Waals surface area contributed by atoms with E-state index in [2.05, 4.69) is 15.7 Å². The summed E-state index contributed by atoms with van der Waals surface area (Å²) in [5, 5.41) is 10.6. The van der Waals surface area contributed by atoms with Crippen LogP contribution in [0, 0.1) is 0 Å². The Kier molecular flexibility index (Phi) is 5.22. The Morgan fingerprint density at radius 3 is 2.72 bits per heavy atom. The van der Waals surface area contributed by atoms with Crippen molar-refractivity contribution in [3.8, 4) is 11.4 Å². The van der Waals surface area contributed by atoms with Gasteiger partial charge in [0.2, 0.25) is 0 Å². The van der Waals surface area contributed by atoms with Gasteiger partial charge in [-0.1, -0.05) is 23.7 Å². The number of Topliss-reactive ketones (excluding diaryl/α,β-unsaturated/α-hetero) is 1. The van der Waals surface area contributed by atoms with E-state index in [1.54, 1.807) is 47.3 Å². The SMILES string of the molecule is CC(=O)c1ccc(-n2ccc(NC(=O)N[C@H]3CCOc4c(Cl)cccc43)n2)cc1. The maximum Gasteiger partial charge on any atom is 0.320 e. The molecule has 0 fully saturated rings. The number of benzene rings is 2. The summed E-state index contributed by atoms with van der Waals surface area (Å²) >= 11 is 6.18. The molecule has 0 saturated heterocycles. The van der Waals surface area contributed by atoms with Crippen LogP contribution >= 0.6 is 11.6 Å². The number of carbonyl (C=O) groups is 2. The van der Waals surface area contributed by atoms with E-state index in [0.29, 0.717) is 35.2 Å². The van der Waals surface area contributed by atoms with Gasteiger partial charge in [-0.25, -0.2) is 9.48 Å². The molecule has 1 aliphatic heterocycles. The smallest absolute Gasteiger partial charge is 0.320 e. The molecule has 29 heavy (non-hydrogen) atoms. The Labute approximate surface area is 172 Å². The minimum atomic E-state index is -0.361. The van der Waals surface area contributed by atoms with Crippen molar-refractivity contribution in [3.63, 3.8) is 0 Å². The van der Waals surface area contributed by atoms with Crippen molar-refractivity contribution in [2.24, 2.45) is 0 Å². The van der Waals surface area contributed by atoms with E-state index in [-0.39, 0.29) is 17.9 Å². The van der Waals surface area contributed by atoms with E-state index in [1.165, 1.54) is 6.92 Å². The summed E-state index contributed by atoms with van der Waals surface area (Å²) in [7, 11) is 0. The van der Waals surface area contributed by atoms with Gasteiger partial charge in [-0.05, 0) is 37.3 Å². The number of ketones is 1. The number of hydrogen-bond donors (Lipinski definition) is 2. The van der Waals surface area contributed by atoms with Crippen molar-refractivity contribution >= 4 is 29.2 Å². The molecule has 8 heteroatoms. The van der Waals surface area contributed by atoms with Crippen LogP contribution in [0.4, 0.5) is 10.6 Å². The summed E-state index contributed by atoms with van der Waals surface area (Å²) in [6.45, 7) is 2.00. The molecule has 0 unspecified atom stereocenters. The van der Waals surface area contributed by atoms with E-state index in [1.807, 2.05) is 12.1 Å². The molecule has 1 atom stereocenters. The van der Waals surface area contributed by atoms with Crippen LogP contribution in [0.25, 0.3) is 5.69 Å². The molecule has 0 bridgehead atoms. The predicted molar refractivity (Wildman–Crippen MR) is 110 cm³/mol. The molecule has 0 saturated carbocycles. The number of aromatic nitrogens is 2. The monoisotopic (exact) mass is 410 g/mol. The Bertz CT molecular complexity index is 1060. The van der Waals surface area contributed by atoms with Gasteiger partial charge in [0.05, 0.1) is 23.4 Å². The number of nitrogens with zero attached hydrogens (tertiary/aromatic N) is 2. The lowest BCUT2D eigenvalue weighted by atomic mass is 10.0. The maximum atomic E-state index is 12.5. The summed E-state index contributed by atoms with van der Waals surface area (Å²) in [4.78, 5) is 23.8. The molecule has 2 amide bonds. The van der Waals surface area contributed by atoms with Crippen LogP contribution in [0.3, 0.4) is 0 Å². The molecule has 0 aliphatic carbocycles. The van der Waals surface area contributed by atoms with Crippen molar-refractivity contribution in [2.45, 2.75) is 19.4 Å². The van der Waals surface area contributed by atoms with Crippen molar-refractivity contribution in [1.29, 1.82) is 0 Å². The minimum absolute atomic E-state index is 0.00650. The molecule has 7 nitrogen and oxygen atoms in total. The van der Waals surface area contributed by atoms with Crippen molar-refractivity contribution in [2.75, 3.05) is 11.9 Å². The average molecular weight is 411 g/mol. The number of para-hydroxylation sites is 1. The summed E-state index contributed by atoms with van der Waals surface area (Å²) in [5.41, 5.74) is 2.28. The summed E-state index contributed by atoms with van der Waals surface area (Å²) < 4.78 is 7.25. The van der Waals surface area contributed by atoms with E-state index in [0.717, 1.165) is 11.3 Å². The van der Waals surface area contributed by atoms with Crippen LogP contribution in [-0.2, 0) is 0 Å². The number of urea groups is 1. The van der Waals surface area contributed by atoms with Crippen LogP contribution < -0.4 is 15.4 Å². The van der Waals surface area contributed by atoms with Gasteiger partial charge >= 0.3 is 6.03 Å². The summed E-state index contributed by atoms with van der Waals surface area (Å²) in [6, 6.07) is 13.7. The van der Waals surface area contributed by atoms with Crippen molar-refractivity contribution in [3.05, 3.63) is 70.9 Å². The normalized spacial score (nSPS) is 15.2. The van der Waals surface area contributed by atoms with Crippen molar-refractivity contribution in [1.82, 2.24) is 15.1 Å². The fraction of sp³-hybridized carbons (Fsp3) is 0.190. The number of halogens is 1. The van der Waals surface area contributed by atoms with Crippen LogP contribution in [-0.4, -0.2) is 28.2 Å². The molecule has 3 aromatic rings. The van der Waals surface area contributed by atoms with Gasteiger partial charge in [0.1, 0.15) is 5.75 Å². The van der Waals surface area contributed by atoms with Gasteiger partial charge < -0.3 is 10.1 Å². The number of hydrogen-bond acceptors (Lipinski definition) is 4. The first-order valence-electron chi connectivity index (χ1n) is 9.17. The van der Waals surface area contributed by atoms with E-state index < -0.39 is 0 Å². The zero-order valence-corrected chi connectivity index (χ0v) is 16.4. The quantitative estimate of drug-likeness (QED) is 0.625. The largest absolute Gasteiger partial charge is 0.492 e. The van der Waals surface area contributed by atoms with E-state index in [4.69, 9.17) is 16.3 Å². The molecule has 2 N–H and O–H groups in total. The number of ether oxygens (including phenoxy) is 1. The summed E-state index contributed by atoms with van der Waals surface area (Å²) in [5.74, 6) is 1.03. The van der Waals surface area contributed by atoms with Gasteiger partial charge in [-0.15, -0.1) is 5.10 Å². The second-order valence-corrected chi connectivity index (χ2v) is 7.10. The maximum absolute atomic E-state index is 12.5. The lowest BCUT2D eigenvalue weighted by Crippen LogP contribution is -2.35. The van der Waals surface area contributed by atoms with Crippen LogP contribution in [0.5, 0.6) is 5.75 Å². The number of amides is 2. The van der Waals surface area contributed by atoms with E-state index in [9.17, 15) is 9.59 Å². The van der Waals surface area contributed by atoms with Crippen LogP contribution in [0.1, 0.15) is 35.3 Å². The molecule has 2 heterocycles. The summed E-state index contributed by atoms with van der Waals surface area (Å²) in [6.07, 6.45) is 2.39. The molecule has 148 valence electrons. The van der Waals surface area contributed by atoms with Gasteiger partial charge in [0.25, 0.3) is 0 Å². The number of fused-ring (bicyclic) bond motifs is 1. The highest BCUT2D eigenvalue weighted by Gasteiger charge is 2.24. The molecule has 2 aromatic carbocycles. The Morgan fingerprint density at radius 1 is 1.17 bits per heavy atom. The highest BCUT2D eigenvalue weighted by Crippen LogP contribution is 2.37. The predicted octanol–water partition coefficient (Wildman–Crippen LogP) is 4.37. The second kappa shape index (κ2) is 7.97. The molecular formula is C21H19ClN4O3. The fourth-order valence-electron chi connectivity index (χ4n) is 3.23. The van der Waals surface area contributed by atoms with Crippen LogP contribution in [0.2, 0.25) is 5.02 Å². The molecular weight excluding hydrogens is 392 g/mol. The Hall–Kier alpha value is -3.32. The molecule has 0 spiro atoms. The fourth-order valence-corrected chi connectivity index (χ4v) is 3.47. The number of rotatable bonds is 4. The third-order valence-corrected chi connectivity index (χ3v) is 5.00. The Balaban J connectivity index is 1.43. The molecule has 1 aromatic heterocycles. The van der Waals surface area contributed by atoms with Gasteiger partial charge in [-0.2, -0.15) is 0 Å². The number of carbonyl (C=O) groups excluding carboxylic acids is 2. The van der Waals surface area contributed by atoms with Crippen molar-refractivity contribution < 1.29 is 14.3 Å². The lowest BCUT2D eigenvalue weighted by Gasteiger charge is -2.27. The minimum Gasteiger partial charge on any atom is -0.492 e. The van der Waals surface area contributed by atoms with Gasteiger partial charge in [0, 0.05) is 29.8 Å². The third kappa shape index (κ3) is 4.09. The Morgan fingerprint density at radius 2 is 1.97 bits per heavy atom. The third-order valence-electron chi connectivity index (χ3n) is 4.70. The number of anilines is 1. The average Bonchev–Trinajstić information content (AvgIpc) is 3.17. The van der Waals surface area contributed by atoms with E-state index >= 15 is 0 Å². The molecule has 1 aliphatic rings. The highest BCUT2D eigenvalue weighted by molar-refractivity contribution is 6.32. The van der Waals surface area contributed by atoms with Crippen LogP contribution in [0.15, 0.2) is 54.7 Å². The zero-order valence-electron chi connectivity index (χ0n) is 15.7. The van der Waals surface area contributed by atoms with Gasteiger partial charge in [0.15, 0.2) is 11.6 Å². The zero-order chi connectivity index (χ0) is 20.4. The molecule has 4 rings (SSSR count). The topological polar surface area (TPSA) is 85.2 Å². The highest BCUT2D eigenvalue weighted by atomic mass is 35.5.